The summed E-state index contributed by atoms with van der Waals surface area (Å²) in [5, 5.41) is 2.93. The maximum absolute atomic E-state index is 12.6. The van der Waals surface area contributed by atoms with Crippen LogP contribution in [0.5, 0.6) is 0 Å². The Morgan fingerprint density at radius 1 is 1.18 bits per heavy atom. The number of carbonyl (C=O) groups excluding carboxylic acids is 2. The molecular weight excluding hydrogens is 354 g/mol. The van der Waals surface area contributed by atoms with Crippen molar-refractivity contribution in [1.82, 2.24) is 10.2 Å². The maximum atomic E-state index is 12.6. The summed E-state index contributed by atoms with van der Waals surface area (Å²) in [5.41, 5.74) is 3.77. The zero-order chi connectivity index (χ0) is 20.1. The molecule has 2 aromatic rings. The van der Waals surface area contributed by atoms with Crippen molar-refractivity contribution in [1.29, 1.82) is 0 Å². The molecule has 1 unspecified atom stereocenters. The molecule has 148 valence electrons. The van der Waals surface area contributed by atoms with Crippen molar-refractivity contribution < 1.29 is 14.3 Å². The molecule has 1 N–H and O–H groups in total. The second-order valence-electron chi connectivity index (χ2n) is 7.16. The van der Waals surface area contributed by atoms with Crippen molar-refractivity contribution in [2.24, 2.45) is 0 Å². The van der Waals surface area contributed by atoms with E-state index in [0.29, 0.717) is 31.8 Å². The van der Waals surface area contributed by atoms with Crippen molar-refractivity contribution in [2.75, 3.05) is 45.2 Å². The zero-order valence-corrected chi connectivity index (χ0v) is 16.6. The molecule has 0 aromatic heterocycles. The molecule has 28 heavy (non-hydrogen) atoms. The Morgan fingerprint density at radius 2 is 1.96 bits per heavy atom. The number of rotatable bonds is 5. The van der Waals surface area contributed by atoms with Crippen LogP contribution in [0.3, 0.4) is 0 Å². The third-order valence-corrected chi connectivity index (χ3v) is 4.90. The van der Waals surface area contributed by atoms with Crippen LogP contribution in [0.4, 0.5) is 5.69 Å². The third-order valence-electron chi connectivity index (χ3n) is 4.90. The molecule has 1 saturated heterocycles. The van der Waals surface area contributed by atoms with Crippen LogP contribution in [-0.2, 0) is 9.53 Å². The lowest BCUT2D eigenvalue weighted by Crippen LogP contribution is -2.49. The highest BCUT2D eigenvalue weighted by molar-refractivity contribution is 5.96. The number of ether oxygens (including phenoxy) is 1. The average molecular weight is 381 g/mol. The van der Waals surface area contributed by atoms with Crippen LogP contribution in [0.15, 0.2) is 48.5 Å². The monoisotopic (exact) mass is 381 g/mol. The highest BCUT2D eigenvalue weighted by Gasteiger charge is 2.22. The van der Waals surface area contributed by atoms with Gasteiger partial charge in [-0.3, -0.25) is 9.59 Å². The highest BCUT2D eigenvalue weighted by atomic mass is 16.5. The molecule has 1 heterocycles. The zero-order valence-electron chi connectivity index (χ0n) is 16.6. The minimum Gasteiger partial charge on any atom is -0.377 e. The van der Waals surface area contributed by atoms with Crippen molar-refractivity contribution >= 4 is 17.5 Å². The molecule has 0 spiro atoms. The summed E-state index contributed by atoms with van der Waals surface area (Å²) < 4.78 is 5.67. The van der Waals surface area contributed by atoms with Gasteiger partial charge in [-0.2, -0.15) is 0 Å². The number of hydrogen-bond donors (Lipinski definition) is 1. The molecule has 0 bridgehead atoms. The van der Waals surface area contributed by atoms with Crippen LogP contribution in [0.2, 0.25) is 0 Å². The van der Waals surface area contributed by atoms with Crippen LogP contribution in [-0.4, -0.2) is 63.2 Å². The Labute approximate surface area is 166 Å². The molecule has 1 fully saturated rings. The minimum atomic E-state index is -0.181. The van der Waals surface area contributed by atoms with Gasteiger partial charge in [0.2, 0.25) is 5.91 Å². The fourth-order valence-corrected chi connectivity index (χ4v) is 3.37. The predicted molar refractivity (Wildman–Crippen MR) is 111 cm³/mol. The van der Waals surface area contributed by atoms with Crippen LogP contribution >= 0.6 is 0 Å². The SMILES string of the molecule is CC(=O)N1CCOC(CNC(=O)c2cccc(-c3ccccc3N(C)C)c2)C1. The van der Waals surface area contributed by atoms with Crippen molar-refractivity contribution in [3.05, 3.63) is 54.1 Å². The van der Waals surface area contributed by atoms with Crippen LogP contribution < -0.4 is 10.2 Å². The van der Waals surface area contributed by atoms with Gasteiger partial charge in [-0.25, -0.2) is 0 Å². The summed E-state index contributed by atoms with van der Waals surface area (Å²) in [7, 11) is 4.01. The standard InChI is InChI=1S/C22H27N3O3/c1-16(26)25-11-12-28-19(15-25)14-23-22(27)18-8-6-7-17(13-18)20-9-4-5-10-21(20)24(2)3/h4-10,13,19H,11-12,14-15H2,1-3H3,(H,23,27). The molecule has 0 aliphatic carbocycles. The number of hydrogen-bond acceptors (Lipinski definition) is 4. The first-order chi connectivity index (χ1) is 13.5. The summed E-state index contributed by atoms with van der Waals surface area (Å²) in [5.74, 6) is -0.111. The Balaban J connectivity index is 1.69. The van der Waals surface area contributed by atoms with E-state index in [2.05, 4.69) is 22.3 Å². The first-order valence-electron chi connectivity index (χ1n) is 9.48. The smallest absolute Gasteiger partial charge is 0.251 e. The summed E-state index contributed by atoms with van der Waals surface area (Å²) in [4.78, 5) is 28.0. The molecule has 6 nitrogen and oxygen atoms in total. The molecule has 6 heteroatoms. The minimum absolute atomic E-state index is 0.0342. The molecule has 1 aliphatic heterocycles. The van der Waals surface area contributed by atoms with E-state index >= 15 is 0 Å². The molecule has 0 radical (unpaired) electrons. The fraction of sp³-hybridized carbons (Fsp3) is 0.364. The summed E-state index contributed by atoms with van der Waals surface area (Å²) >= 11 is 0. The molecule has 2 aromatic carbocycles. The number of morpholine rings is 1. The van der Waals surface area contributed by atoms with E-state index in [4.69, 9.17) is 4.74 Å². The summed E-state index contributed by atoms with van der Waals surface area (Å²) in [6, 6.07) is 15.7. The van der Waals surface area contributed by atoms with E-state index in [0.717, 1.165) is 16.8 Å². The lowest BCUT2D eigenvalue weighted by Gasteiger charge is -2.32. The Morgan fingerprint density at radius 3 is 2.71 bits per heavy atom. The largest absolute Gasteiger partial charge is 0.377 e. The number of nitrogens with zero attached hydrogens (tertiary/aromatic N) is 2. The number of benzene rings is 2. The highest BCUT2D eigenvalue weighted by Crippen LogP contribution is 2.30. The Hall–Kier alpha value is -2.86. The second-order valence-corrected chi connectivity index (χ2v) is 7.16. The molecule has 1 aliphatic rings. The molecule has 1 atom stereocenters. The van der Waals surface area contributed by atoms with Crippen molar-refractivity contribution in [3.8, 4) is 11.1 Å². The van der Waals surface area contributed by atoms with E-state index < -0.39 is 0 Å². The van der Waals surface area contributed by atoms with E-state index in [1.54, 1.807) is 17.9 Å². The van der Waals surface area contributed by atoms with Crippen LogP contribution in [0.1, 0.15) is 17.3 Å². The van der Waals surface area contributed by atoms with Crippen molar-refractivity contribution in [3.63, 3.8) is 0 Å². The van der Waals surface area contributed by atoms with Crippen molar-refractivity contribution in [2.45, 2.75) is 13.0 Å². The fourth-order valence-electron chi connectivity index (χ4n) is 3.37. The van der Waals surface area contributed by atoms with Gasteiger partial charge in [0, 0.05) is 57.5 Å². The second kappa shape index (κ2) is 8.89. The number of para-hydroxylation sites is 1. The number of anilines is 1. The summed E-state index contributed by atoms with van der Waals surface area (Å²) in [6.45, 7) is 3.54. The van der Waals surface area contributed by atoms with Gasteiger partial charge in [0.25, 0.3) is 5.91 Å². The van der Waals surface area contributed by atoms with E-state index in [1.165, 1.54) is 0 Å². The van der Waals surface area contributed by atoms with Gasteiger partial charge in [-0.05, 0) is 23.8 Å². The molecule has 2 amide bonds. The molecular formula is C22H27N3O3. The van der Waals surface area contributed by atoms with Gasteiger partial charge in [0.15, 0.2) is 0 Å². The third kappa shape index (κ3) is 4.70. The quantitative estimate of drug-likeness (QED) is 0.864. The topological polar surface area (TPSA) is 61.9 Å². The van der Waals surface area contributed by atoms with E-state index in [-0.39, 0.29) is 17.9 Å². The lowest BCUT2D eigenvalue weighted by atomic mass is 10.0. The Bertz CT molecular complexity index is 850. The van der Waals surface area contributed by atoms with Gasteiger partial charge in [-0.1, -0.05) is 30.3 Å². The normalized spacial score (nSPS) is 16.5. The summed E-state index contributed by atoms with van der Waals surface area (Å²) in [6.07, 6.45) is -0.181. The van der Waals surface area contributed by atoms with E-state index in [1.807, 2.05) is 44.4 Å². The number of carbonyl (C=O) groups is 2. The lowest BCUT2D eigenvalue weighted by molar-refractivity contribution is -0.136. The van der Waals surface area contributed by atoms with Gasteiger partial charge in [0.05, 0.1) is 12.7 Å². The average Bonchev–Trinajstić information content (AvgIpc) is 2.72. The Kier molecular flexibility index (Phi) is 6.31. The van der Waals surface area contributed by atoms with E-state index in [9.17, 15) is 9.59 Å². The number of nitrogens with one attached hydrogen (secondary N) is 1. The molecule has 3 rings (SSSR count). The predicted octanol–water partition coefficient (Wildman–Crippen LogP) is 2.40. The molecule has 0 saturated carbocycles. The maximum Gasteiger partial charge on any atom is 0.251 e. The first kappa shape index (κ1) is 19.9. The van der Waals surface area contributed by atoms with Gasteiger partial charge >= 0.3 is 0 Å². The van der Waals surface area contributed by atoms with Gasteiger partial charge in [0.1, 0.15) is 0 Å². The van der Waals surface area contributed by atoms with Gasteiger partial charge < -0.3 is 19.9 Å². The van der Waals surface area contributed by atoms with Crippen LogP contribution in [0, 0.1) is 0 Å². The van der Waals surface area contributed by atoms with Crippen LogP contribution in [0.25, 0.3) is 11.1 Å². The first-order valence-corrected chi connectivity index (χ1v) is 9.48. The number of amides is 2. The van der Waals surface area contributed by atoms with Gasteiger partial charge in [-0.15, -0.1) is 0 Å².